The van der Waals surface area contributed by atoms with Gasteiger partial charge in [-0.1, -0.05) is 88.7 Å². The monoisotopic (exact) mass is 481 g/mol. The number of aliphatic hydroxyl groups excluding tert-OH is 2. The van der Waals surface area contributed by atoms with Gasteiger partial charge in [-0.15, -0.1) is 0 Å². The van der Waals surface area contributed by atoms with Crippen molar-refractivity contribution in [2.24, 2.45) is 0 Å². The average Bonchev–Trinajstić information content (AvgIpc) is 3.14. The SMILES string of the molecule is O=C(NCC(O)C(O)c1ccc(CBr)cc1)OCC1c2ccccc2-c2ccccc21. The number of halogens is 1. The third-order valence-corrected chi connectivity index (χ3v) is 6.29. The molecule has 1 amide bonds. The maximum atomic E-state index is 12.2. The number of amides is 1. The number of ether oxygens (including phenoxy) is 1. The topological polar surface area (TPSA) is 78.8 Å². The van der Waals surface area contributed by atoms with Crippen molar-refractivity contribution >= 4 is 22.0 Å². The molecule has 1 aliphatic carbocycles. The van der Waals surface area contributed by atoms with Gasteiger partial charge in [-0.2, -0.15) is 0 Å². The van der Waals surface area contributed by atoms with Crippen molar-refractivity contribution < 1.29 is 19.7 Å². The van der Waals surface area contributed by atoms with Crippen LogP contribution in [-0.4, -0.2) is 35.6 Å². The highest BCUT2D eigenvalue weighted by atomic mass is 79.9. The van der Waals surface area contributed by atoms with Gasteiger partial charge >= 0.3 is 6.09 Å². The number of rotatable bonds is 7. The van der Waals surface area contributed by atoms with Gasteiger partial charge in [-0.25, -0.2) is 4.79 Å². The number of hydrogen-bond donors (Lipinski definition) is 3. The molecule has 4 rings (SSSR count). The summed E-state index contributed by atoms with van der Waals surface area (Å²) in [5.41, 5.74) is 6.26. The van der Waals surface area contributed by atoms with Crippen molar-refractivity contribution in [3.8, 4) is 11.1 Å². The van der Waals surface area contributed by atoms with E-state index in [4.69, 9.17) is 4.74 Å². The number of carbonyl (C=O) groups excluding carboxylic acids is 1. The van der Waals surface area contributed by atoms with Crippen LogP contribution in [0.2, 0.25) is 0 Å². The van der Waals surface area contributed by atoms with Crippen LogP contribution < -0.4 is 5.32 Å². The van der Waals surface area contributed by atoms with Crippen molar-refractivity contribution in [2.75, 3.05) is 13.2 Å². The summed E-state index contributed by atoms with van der Waals surface area (Å²) in [7, 11) is 0. The van der Waals surface area contributed by atoms with Crippen LogP contribution in [0.3, 0.4) is 0 Å². The van der Waals surface area contributed by atoms with E-state index in [-0.39, 0.29) is 19.1 Å². The lowest BCUT2D eigenvalue weighted by molar-refractivity contribution is 0.0185. The minimum absolute atomic E-state index is 0.0263. The Morgan fingerprint density at radius 3 is 2.10 bits per heavy atom. The predicted molar refractivity (Wildman–Crippen MR) is 123 cm³/mol. The average molecular weight is 482 g/mol. The first-order chi connectivity index (χ1) is 15.1. The molecule has 0 aliphatic heterocycles. The summed E-state index contributed by atoms with van der Waals surface area (Å²) < 4.78 is 5.46. The molecule has 6 heteroatoms. The predicted octanol–water partition coefficient (Wildman–Crippen LogP) is 4.51. The fourth-order valence-corrected chi connectivity index (χ4v) is 4.35. The first-order valence-corrected chi connectivity index (χ1v) is 11.3. The summed E-state index contributed by atoms with van der Waals surface area (Å²) in [5, 5.41) is 23.9. The molecular formula is C25H24BrNO4. The van der Waals surface area contributed by atoms with Gasteiger partial charge in [-0.3, -0.25) is 0 Å². The molecule has 3 N–H and O–H groups in total. The zero-order chi connectivity index (χ0) is 21.8. The van der Waals surface area contributed by atoms with E-state index < -0.39 is 18.3 Å². The number of fused-ring (bicyclic) bond motifs is 3. The molecule has 2 unspecified atom stereocenters. The van der Waals surface area contributed by atoms with Crippen LogP contribution in [0.4, 0.5) is 4.79 Å². The van der Waals surface area contributed by atoms with Gasteiger partial charge in [0.25, 0.3) is 0 Å². The van der Waals surface area contributed by atoms with Gasteiger partial charge in [0.05, 0.1) is 0 Å². The van der Waals surface area contributed by atoms with E-state index in [0.717, 1.165) is 33.1 Å². The van der Waals surface area contributed by atoms with E-state index in [1.807, 2.05) is 36.4 Å². The van der Waals surface area contributed by atoms with Crippen molar-refractivity contribution in [1.29, 1.82) is 0 Å². The largest absolute Gasteiger partial charge is 0.449 e. The summed E-state index contributed by atoms with van der Waals surface area (Å²) >= 11 is 3.37. The smallest absolute Gasteiger partial charge is 0.407 e. The zero-order valence-electron chi connectivity index (χ0n) is 16.9. The van der Waals surface area contributed by atoms with Gasteiger partial charge in [0.2, 0.25) is 0 Å². The Bertz CT molecular complexity index is 1010. The van der Waals surface area contributed by atoms with Gasteiger partial charge < -0.3 is 20.3 Å². The van der Waals surface area contributed by atoms with Crippen LogP contribution in [0.25, 0.3) is 11.1 Å². The van der Waals surface area contributed by atoms with Crippen molar-refractivity contribution in [1.82, 2.24) is 5.32 Å². The van der Waals surface area contributed by atoms with Crippen molar-refractivity contribution in [3.05, 3.63) is 95.1 Å². The Balaban J connectivity index is 1.32. The van der Waals surface area contributed by atoms with E-state index in [0.29, 0.717) is 5.56 Å². The molecule has 0 saturated carbocycles. The Hall–Kier alpha value is -2.67. The van der Waals surface area contributed by atoms with E-state index in [2.05, 4.69) is 45.5 Å². The Kier molecular flexibility index (Phi) is 6.70. The Morgan fingerprint density at radius 2 is 1.52 bits per heavy atom. The van der Waals surface area contributed by atoms with E-state index in [1.54, 1.807) is 12.1 Å². The second-order valence-corrected chi connectivity index (χ2v) is 8.15. The van der Waals surface area contributed by atoms with Crippen LogP contribution in [-0.2, 0) is 10.1 Å². The van der Waals surface area contributed by atoms with Gasteiger partial charge in [-0.05, 0) is 33.4 Å². The number of nitrogens with one attached hydrogen (secondary N) is 1. The highest BCUT2D eigenvalue weighted by Gasteiger charge is 2.29. The lowest BCUT2D eigenvalue weighted by Crippen LogP contribution is -2.36. The van der Waals surface area contributed by atoms with Crippen LogP contribution in [0, 0.1) is 0 Å². The third-order valence-electron chi connectivity index (χ3n) is 5.64. The molecule has 0 radical (unpaired) electrons. The molecular weight excluding hydrogens is 458 g/mol. The number of hydrogen-bond acceptors (Lipinski definition) is 4. The lowest BCUT2D eigenvalue weighted by Gasteiger charge is -2.19. The molecule has 0 fully saturated rings. The zero-order valence-corrected chi connectivity index (χ0v) is 18.5. The molecule has 3 aromatic rings. The summed E-state index contributed by atoms with van der Waals surface area (Å²) in [6.07, 6.45) is -2.86. The summed E-state index contributed by atoms with van der Waals surface area (Å²) in [4.78, 5) is 12.2. The normalized spacial score (nSPS) is 14.4. The minimum Gasteiger partial charge on any atom is -0.449 e. The third kappa shape index (κ3) is 4.66. The summed E-state index contributed by atoms with van der Waals surface area (Å²) in [6.45, 7) is 0.0878. The molecule has 31 heavy (non-hydrogen) atoms. The van der Waals surface area contributed by atoms with Gasteiger partial charge in [0.1, 0.15) is 18.8 Å². The molecule has 0 heterocycles. The molecule has 1 aliphatic rings. The first-order valence-electron chi connectivity index (χ1n) is 10.2. The quantitative estimate of drug-likeness (QED) is 0.433. The molecule has 5 nitrogen and oxygen atoms in total. The minimum atomic E-state index is -1.14. The second-order valence-electron chi connectivity index (χ2n) is 7.59. The molecule has 2 atom stereocenters. The van der Waals surface area contributed by atoms with Crippen molar-refractivity contribution in [2.45, 2.75) is 23.5 Å². The van der Waals surface area contributed by atoms with Gasteiger partial charge in [0, 0.05) is 17.8 Å². The van der Waals surface area contributed by atoms with Crippen LogP contribution in [0.15, 0.2) is 72.8 Å². The Morgan fingerprint density at radius 1 is 0.935 bits per heavy atom. The van der Waals surface area contributed by atoms with Crippen LogP contribution in [0.5, 0.6) is 0 Å². The number of aliphatic hydroxyl groups is 2. The highest BCUT2D eigenvalue weighted by molar-refractivity contribution is 9.08. The number of carbonyl (C=O) groups is 1. The number of alkyl halides is 1. The summed E-state index contributed by atoms with van der Waals surface area (Å²) in [6, 6.07) is 23.5. The standard InChI is InChI=1S/C25H24BrNO4/c26-13-16-9-11-17(12-10-16)24(29)23(28)14-27-25(30)31-15-22-20-7-3-1-5-18(20)19-6-2-4-8-21(19)22/h1-12,22-24,28-29H,13-15H2,(H,27,30). The maximum absolute atomic E-state index is 12.2. The fraction of sp³-hybridized carbons (Fsp3) is 0.240. The van der Waals surface area contributed by atoms with Crippen LogP contribution >= 0.6 is 15.9 Å². The molecule has 0 bridgehead atoms. The number of benzene rings is 3. The lowest BCUT2D eigenvalue weighted by atomic mass is 9.98. The van der Waals surface area contributed by atoms with Crippen LogP contribution in [0.1, 0.15) is 34.3 Å². The fourth-order valence-electron chi connectivity index (χ4n) is 3.98. The maximum Gasteiger partial charge on any atom is 0.407 e. The number of alkyl carbamates (subject to hydrolysis) is 1. The van der Waals surface area contributed by atoms with E-state index in [1.165, 1.54) is 0 Å². The molecule has 0 saturated heterocycles. The summed E-state index contributed by atoms with van der Waals surface area (Å²) in [5.74, 6) is -0.0263. The van der Waals surface area contributed by atoms with E-state index >= 15 is 0 Å². The van der Waals surface area contributed by atoms with Crippen molar-refractivity contribution in [3.63, 3.8) is 0 Å². The highest BCUT2D eigenvalue weighted by Crippen LogP contribution is 2.44. The van der Waals surface area contributed by atoms with Gasteiger partial charge in [0.15, 0.2) is 0 Å². The van der Waals surface area contributed by atoms with E-state index in [9.17, 15) is 15.0 Å². The Labute approximate surface area is 189 Å². The second kappa shape index (κ2) is 9.64. The molecule has 0 aromatic heterocycles. The molecule has 3 aromatic carbocycles. The molecule has 0 spiro atoms. The molecule has 160 valence electrons. The first kappa shape index (κ1) is 21.6.